The van der Waals surface area contributed by atoms with Crippen LogP contribution in [0.5, 0.6) is 23.1 Å². The number of aromatic nitrogens is 6. The van der Waals surface area contributed by atoms with E-state index in [1.54, 1.807) is 13.3 Å². The van der Waals surface area contributed by atoms with Crippen molar-refractivity contribution in [3.8, 4) is 56.9 Å². The molecule has 39 heavy (non-hydrogen) atoms. The lowest BCUT2D eigenvalue weighted by molar-refractivity contribution is 0.174. The number of nitrogens with one attached hydrogen (secondary N) is 1. The maximum atomic E-state index is 5.78. The molecular weight excluding hydrogens is 496 g/mol. The summed E-state index contributed by atoms with van der Waals surface area (Å²) in [6, 6.07) is 19.1. The number of aryl methyl sites for hydroxylation is 1. The van der Waals surface area contributed by atoms with Gasteiger partial charge in [-0.05, 0) is 60.2 Å². The number of aromatic amines is 1. The predicted molar refractivity (Wildman–Crippen MR) is 144 cm³/mol. The van der Waals surface area contributed by atoms with E-state index in [9.17, 15) is 0 Å². The van der Waals surface area contributed by atoms with Gasteiger partial charge in [0.15, 0.2) is 11.5 Å². The fraction of sp³-hybridized carbons (Fsp3) is 0.138. The number of rotatable bonds is 8. The van der Waals surface area contributed by atoms with Crippen molar-refractivity contribution in [3.05, 3.63) is 84.2 Å². The number of hydrogen-bond acceptors (Lipinski definition) is 9. The van der Waals surface area contributed by atoms with Crippen molar-refractivity contribution >= 4 is 6.08 Å². The zero-order valence-electron chi connectivity index (χ0n) is 21.3. The van der Waals surface area contributed by atoms with Crippen molar-refractivity contribution < 1.29 is 18.9 Å². The van der Waals surface area contributed by atoms with Crippen molar-refractivity contribution in [2.75, 3.05) is 20.5 Å². The number of fused-ring (bicyclic) bond motifs is 1. The molecule has 0 saturated heterocycles. The van der Waals surface area contributed by atoms with Gasteiger partial charge < -0.3 is 18.9 Å². The number of H-pyrrole nitrogens is 1. The number of ether oxygens (including phenoxy) is 4. The molecule has 0 aliphatic carbocycles. The monoisotopic (exact) mass is 520 g/mol. The minimum Gasteiger partial charge on any atom is -0.497 e. The molecule has 4 heterocycles. The minimum atomic E-state index is 0.185. The normalized spacial score (nSPS) is 12.2. The molecule has 0 unspecified atom stereocenters. The summed E-state index contributed by atoms with van der Waals surface area (Å²) in [5, 5.41) is 15.1. The zero-order chi connectivity index (χ0) is 26.6. The van der Waals surface area contributed by atoms with E-state index in [1.807, 2.05) is 79.7 Å². The first-order chi connectivity index (χ1) is 19.2. The smallest absolute Gasteiger partial charge is 0.231 e. The fourth-order valence-corrected chi connectivity index (χ4v) is 4.45. The third kappa shape index (κ3) is 4.87. The molecule has 6 rings (SSSR count). The van der Waals surface area contributed by atoms with Crippen LogP contribution in [0.4, 0.5) is 0 Å². The Morgan fingerprint density at radius 2 is 1.82 bits per heavy atom. The van der Waals surface area contributed by atoms with Crippen LogP contribution in [0.1, 0.15) is 11.3 Å². The van der Waals surface area contributed by atoms with Gasteiger partial charge >= 0.3 is 0 Å². The average Bonchev–Trinajstić information content (AvgIpc) is 3.68. The number of tetrazole rings is 1. The molecule has 10 nitrogen and oxygen atoms in total. The molecule has 1 aliphatic heterocycles. The number of pyridine rings is 2. The summed E-state index contributed by atoms with van der Waals surface area (Å²) in [4.78, 5) is 9.25. The van der Waals surface area contributed by atoms with Crippen LogP contribution < -0.4 is 18.9 Å². The molecule has 10 heteroatoms. The van der Waals surface area contributed by atoms with E-state index in [0.29, 0.717) is 35.5 Å². The quantitative estimate of drug-likeness (QED) is 0.297. The highest BCUT2D eigenvalue weighted by Gasteiger charge is 2.25. The Morgan fingerprint density at radius 3 is 2.59 bits per heavy atom. The SMILES string of the molecule is COc1ccc(-c2c(C=CCOc3ccccn3)c(C)nc(-c3ccc4c(c3)OCO4)c2-c2nn[nH]n2)cc1. The van der Waals surface area contributed by atoms with Crippen LogP contribution in [0.3, 0.4) is 0 Å². The predicted octanol–water partition coefficient (Wildman–Crippen LogP) is 5.13. The topological polar surface area (TPSA) is 117 Å². The number of benzene rings is 2. The first kappa shape index (κ1) is 24.1. The molecule has 0 radical (unpaired) electrons. The zero-order valence-corrected chi connectivity index (χ0v) is 21.3. The van der Waals surface area contributed by atoms with Crippen LogP contribution in [0.25, 0.3) is 39.8 Å². The van der Waals surface area contributed by atoms with Crippen LogP contribution in [0, 0.1) is 6.92 Å². The summed E-state index contributed by atoms with van der Waals surface area (Å²) < 4.78 is 22.3. The highest BCUT2D eigenvalue weighted by molar-refractivity contribution is 5.95. The second-order valence-corrected chi connectivity index (χ2v) is 8.62. The molecule has 194 valence electrons. The van der Waals surface area contributed by atoms with Crippen molar-refractivity contribution in [2.45, 2.75) is 6.92 Å². The lowest BCUT2D eigenvalue weighted by Crippen LogP contribution is -2.02. The van der Waals surface area contributed by atoms with Gasteiger partial charge in [0.1, 0.15) is 12.4 Å². The molecule has 0 bridgehead atoms. The molecule has 0 spiro atoms. The number of hydrogen-bond donors (Lipinski definition) is 1. The summed E-state index contributed by atoms with van der Waals surface area (Å²) in [5.41, 5.74) is 5.81. The van der Waals surface area contributed by atoms with E-state index in [-0.39, 0.29) is 6.79 Å². The largest absolute Gasteiger partial charge is 0.497 e. The Labute approximate surface area is 224 Å². The molecule has 0 atom stereocenters. The first-order valence-corrected chi connectivity index (χ1v) is 12.2. The standard InChI is InChI=1S/C29H24N6O4/c1-18-22(6-5-15-37-25-7-3-4-14-30-25)26(19-8-11-21(36-2)12-9-19)27(29-32-34-35-33-29)28(31-18)20-10-13-23-24(16-20)39-17-38-23/h3-14,16H,15,17H2,1-2H3,(H,32,33,34,35). The Hall–Kier alpha value is -5.25. The third-order valence-corrected chi connectivity index (χ3v) is 6.27. The first-order valence-electron chi connectivity index (χ1n) is 12.2. The van der Waals surface area contributed by atoms with Gasteiger partial charge in [0, 0.05) is 34.6 Å². The number of nitrogens with zero attached hydrogens (tertiary/aromatic N) is 5. The van der Waals surface area contributed by atoms with Crippen LogP contribution in [0.2, 0.25) is 0 Å². The van der Waals surface area contributed by atoms with Gasteiger partial charge in [0.05, 0.1) is 18.4 Å². The second kappa shape index (κ2) is 10.6. The van der Waals surface area contributed by atoms with Crippen molar-refractivity contribution in [1.82, 2.24) is 30.6 Å². The van der Waals surface area contributed by atoms with Gasteiger partial charge in [-0.25, -0.2) is 4.98 Å². The van der Waals surface area contributed by atoms with Gasteiger partial charge in [-0.15, -0.1) is 10.2 Å². The van der Waals surface area contributed by atoms with E-state index in [2.05, 4.69) is 25.6 Å². The fourth-order valence-electron chi connectivity index (χ4n) is 4.45. The summed E-state index contributed by atoms with van der Waals surface area (Å²) in [7, 11) is 1.64. The minimum absolute atomic E-state index is 0.185. The highest BCUT2D eigenvalue weighted by atomic mass is 16.7. The summed E-state index contributed by atoms with van der Waals surface area (Å²) >= 11 is 0. The van der Waals surface area contributed by atoms with Gasteiger partial charge in [-0.3, -0.25) is 4.98 Å². The van der Waals surface area contributed by atoms with Crippen LogP contribution in [-0.4, -0.2) is 51.1 Å². The highest BCUT2D eigenvalue weighted by Crippen LogP contribution is 2.44. The molecule has 0 saturated carbocycles. The maximum Gasteiger partial charge on any atom is 0.231 e. The number of methoxy groups -OCH3 is 1. The Morgan fingerprint density at radius 1 is 0.974 bits per heavy atom. The average molecular weight is 521 g/mol. The lowest BCUT2D eigenvalue weighted by Gasteiger charge is -2.18. The van der Waals surface area contributed by atoms with Crippen LogP contribution >= 0.6 is 0 Å². The summed E-state index contributed by atoms with van der Waals surface area (Å²) in [6.07, 6.45) is 5.63. The third-order valence-electron chi connectivity index (χ3n) is 6.27. The Kier molecular flexibility index (Phi) is 6.57. The summed E-state index contributed by atoms with van der Waals surface area (Å²) in [6.45, 7) is 2.49. The van der Waals surface area contributed by atoms with Gasteiger partial charge in [0.25, 0.3) is 0 Å². The molecule has 0 amide bonds. The van der Waals surface area contributed by atoms with Crippen LogP contribution in [-0.2, 0) is 0 Å². The van der Waals surface area contributed by atoms with Gasteiger partial charge in [-0.2, -0.15) is 5.21 Å². The van der Waals surface area contributed by atoms with E-state index in [4.69, 9.17) is 23.9 Å². The van der Waals surface area contributed by atoms with E-state index in [1.165, 1.54) is 0 Å². The molecule has 1 aliphatic rings. The van der Waals surface area contributed by atoms with E-state index < -0.39 is 0 Å². The maximum absolute atomic E-state index is 5.78. The second-order valence-electron chi connectivity index (χ2n) is 8.62. The lowest BCUT2D eigenvalue weighted by atomic mass is 9.89. The molecule has 5 aromatic rings. The Bertz CT molecular complexity index is 1620. The molecule has 2 aromatic carbocycles. The van der Waals surface area contributed by atoms with Crippen LogP contribution in [0.15, 0.2) is 72.9 Å². The van der Waals surface area contributed by atoms with E-state index in [0.717, 1.165) is 39.3 Å². The molecule has 1 N–H and O–H groups in total. The van der Waals surface area contributed by atoms with E-state index >= 15 is 0 Å². The van der Waals surface area contributed by atoms with Gasteiger partial charge in [0.2, 0.25) is 18.5 Å². The molecular formula is C29H24N6O4. The van der Waals surface area contributed by atoms with Crippen molar-refractivity contribution in [3.63, 3.8) is 0 Å². The van der Waals surface area contributed by atoms with Crippen molar-refractivity contribution in [2.24, 2.45) is 0 Å². The Balaban J connectivity index is 1.52. The molecule has 3 aromatic heterocycles. The van der Waals surface area contributed by atoms with Gasteiger partial charge in [-0.1, -0.05) is 24.3 Å². The summed E-state index contributed by atoms with van der Waals surface area (Å²) in [5.74, 6) is 3.08. The molecule has 0 fully saturated rings. The van der Waals surface area contributed by atoms with Crippen molar-refractivity contribution in [1.29, 1.82) is 0 Å².